The average molecular weight is 1540 g/mol. The lowest BCUT2D eigenvalue weighted by Gasteiger charge is -2.24. The molecular weight excluding hydrogens is 1450 g/mol. The summed E-state index contributed by atoms with van der Waals surface area (Å²) >= 11 is 6.20. The quantitative estimate of drug-likeness (QED) is 0.0278. The molecule has 4 saturated carbocycles. The number of halogens is 10. The zero-order valence-corrected chi connectivity index (χ0v) is 60.2. The molecule has 24 nitrogen and oxygen atoms in total. The monoisotopic (exact) mass is 1530 g/mol. The molecule has 1 atom stereocenters. The molecule has 1 unspecified atom stereocenters. The lowest BCUT2D eigenvalue weighted by atomic mass is 9.90. The minimum Gasteiger partial charge on any atom is -0.358 e. The van der Waals surface area contributed by atoms with Crippen molar-refractivity contribution in [2.45, 2.75) is 102 Å². The summed E-state index contributed by atoms with van der Waals surface area (Å²) in [4.78, 5) is 105. The summed E-state index contributed by atoms with van der Waals surface area (Å²) in [6, 6.07) is 14.5. The van der Waals surface area contributed by atoms with Crippen LogP contribution < -0.4 is 0 Å². The summed E-state index contributed by atoms with van der Waals surface area (Å²) in [5.41, 5.74) is 9.70. The van der Waals surface area contributed by atoms with E-state index in [4.69, 9.17) is 16.9 Å². The van der Waals surface area contributed by atoms with Gasteiger partial charge < -0.3 is 53.3 Å². The summed E-state index contributed by atoms with van der Waals surface area (Å²) in [5.74, 6) is -0.544. The molecular formula is C75H84ClF9N20O4. The van der Waals surface area contributed by atoms with Gasteiger partial charge in [-0.15, -0.1) is 0 Å². The predicted molar refractivity (Wildman–Crippen MR) is 395 cm³/mol. The first-order valence-corrected chi connectivity index (χ1v) is 36.0. The van der Waals surface area contributed by atoms with E-state index in [1.54, 1.807) is 78.6 Å². The molecule has 0 aromatic carbocycles. The number of Topliss-reactive ketones (excluding diaryl/α,β-unsaturated/α-hetero) is 1. The van der Waals surface area contributed by atoms with Crippen molar-refractivity contribution >= 4 is 79.2 Å². The predicted octanol–water partition coefficient (Wildman–Crippen LogP) is 16.4. The van der Waals surface area contributed by atoms with Crippen LogP contribution in [0.5, 0.6) is 0 Å². The number of ketones is 1. The van der Waals surface area contributed by atoms with Crippen molar-refractivity contribution in [3.63, 3.8) is 0 Å². The number of nitriles is 1. The molecule has 3 amide bonds. The third-order valence-corrected chi connectivity index (χ3v) is 19.9. The molecule has 0 spiro atoms. The number of aromatic amines is 5. The Morgan fingerprint density at radius 2 is 0.927 bits per heavy atom. The fourth-order valence-corrected chi connectivity index (χ4v) is 13.5. The van der Waals surface area contributed by atoms with E-state index < -0.39 is 49.7 Å². The molecule has 16 rings (SSSR count). The number of hydrogen-bond donors (Lipinski definition) is 5. The van der Waals surface area contributed by atoms with Crippen LogP contribution in [0.25, 0.3) is 89.2 Å². The number of aromatic nitrogens is 16. The maximum absolute atomic E-state index is 13.0. The van der Waals surface area contributed by atoms with Crippen LogP contribution in [0.3, 0.4) is 0 Å². The van der Waals surface area contributed by atoms with Crippen LogP contribution in [0, 0.1) is 40.9 Å². The fraction of sp³-hybridized carbons (Fsp3) is 0.400. The molecule has 0 saturated heterocycles. The van der Waals surface area contributed by atoms with Crippen LogP contribution in [0.1, 0.15) is 131 Å². The van der Waals surface area contributed by atoms with Crippen LogP contribution in [0.4, 0.5) is 39.5 Å². The van der Waals surface area contributed by atoms with Gasteiger partial charge >= 0.3 is 18.5 Å². The van der Waals surface area contributed by atoms with E-state index >= 15 is 0 Å². The van der Waals surface area contributed by atoms with Crippen LogP contribution in [0.2, 0.25) is 5.02 Å². The smallest absolute Gasteiger partial charge is 0.358 e. The van der Waals surface area contributed by atoms with Gasteiger partial charge in [0.25, 0.3) is 17.7 Å². The number of amides is 3. The van der Waals surface area contributed by atoms with Gasteiger partial charge in [0, 0.05) is 160 Å². The molecule has 12 aromatic heterocycles. The first-order chi connectivity index (χ1) is 52.1. The molecule has 5 N–H and O–H groups in total. The molecule has 12 aromatic rings. The molecule has 0 aliphatic heterocycles. The topological polar surface area (TPSA) is 299 Å². The minimum atomic E-state index is -4.43. The third-order valence-electron chi connectivity index (χ3n) is 19.6. The standard InChI is InChI=1S/C19H18ClF3N4O.C19H20F3N5O.C19H20N6O.C18H18F3N5O.4H2/c20-13-8-25-18-15(13)16(26-9-27-18)12-6-14(24-7-12)17(28)11(5-10-1-2-10)3-4-19(21,22)23;1-26-10-13(16-14-4-6-23-17(14)25-11-24-16)8-15(26)18(28)27(9-12-2-3-12)7-5-19(20,21)22;1-24-11-14(17-15-5-7-21-18(15)23-12-22-17)9-16(24)19(26)25(8-2-6-20)10-13-3-4-13;1-25-8-12(15-13-4-5-22-16(13)24-10-23-15)6-14(25)17(27)26(7-11-2-3-11)9-18(19,20)21;;;;/h6-11,24H,1-5H2,(H,25,26,27);4,6,8,10-12H,2-3,5,7,9H2,1H3,(H,23,24,25);5,7,9,11-13H,2-4,8,10H2,1H3,(H,21,22,23);4-6,8,10-11H,2-3,7,9H2,1H3,(H,22,23,24);4*1H. The molecule has 34 heteroatoms. The third kappa shape index (κ3) is 19.0. The van der Waals surface area contributed by atoms with E-state index in [1.807, 2.05) is 53.2 Å². The van der Waals surface area contributed by atoms with Gasteiger partial charge in [0.15, 0.2) is 5.78 Å². The highest BCUT2D eigenvalue weighted by Crippen LogP contribution is 2.41. The number of nitrogens with one attached hydrogen (secondary N) is 5. The van der Waals surface area contributed by atoms with Gasteiger partial charge in [-0.1, -0.05) is 24.4 Å². The summed E-state index contributed by atoms with van der Waals surface area (Å²) in [6.45, 7) is 0.144. The Balaban J connectivity index is 0.000000171. The van der Waals surface area contributed by atoms with E-state index in [2.05, 4.69) is 70.9 Å². The van der Waals surface area contributed by atoms with Crippen molar-refractivity contribution in [1.82, 2.24) is 93.2 Å². The molecule has 0 radical (unpaired) electrons. The highest BCUT2D eigenvalue weighted by atomic mass is 35.5. The van der Waals surface area contributed by atoms with Gasteiger partial charge in [0.1, 0.15) is 71.5 Å². The van der Waals surface area contributed by atoms with Crippen molar-refractivity contribution in [2.75, 3.05) is 39.3 Å². The Hall–Kier alpha value is -11.2. The lowest BCUT2D eigenvalue weighted by Crippen LogP contribution is -2.40. The number of carbonyl (C=O) groups is 4. The Kier molecular flexibility index (Phi) is 22.3. The number of H-pyrrole nitrogens is 5. The highest BCUT2D eigenvalue weighted by molar-refractivity contribution is 6.36. The molecule has 578 valence electrons. The summed E-state index contributed by atoms with van der Waals surface area (Å²) < 4.78 is 120. The summed E-state index contributed by atoms with van der Waals surface area (Å²) in [5, 5.41) is 12.5. The second-order valence-corrected chi connectivity index (χ2v) is 28.7. The summed E-state index contributed by atoms with van der Waals surface area (Å²) in [7, 11) is 5.23. The number of hydrogen-bond acceptors (Lipinski definition) is 13. The molecule has 12 heterocycles. The SMILES string of the molecule is Cn1cc(-c2ncnc3[nH]ccc23)cc1C(=O)N(CC1CC1)CC(F)(F)F.Cn1cc(-c2ncnc3[nH]ccc23)cc1C(=O)N(CCC#N)CC1CC1.Cn1cc(-c2ncnc3[nH]ccc23)cc1C(=O)N(CCC(F)(F)F)CC1CC1.O=C(c1cc(-c2ncnc3[nH]cc(Cl)c23)c[nH]1)C(CCC(F)(F)F)CC1CC1.[HH].[HH].[HH].[HH]. The number of aryl methyl sites for hydroxylation is 3. The first kappa shape index (κ1) is 76.0. The van der Waals surface area contributed by atoms with Gasteiger partial charge in [-0.05, 0) is 118 Å². The van der Waals surface area contributed by atoms with Crippen molar-refractivity contribution in [3.05, 3.63) is 145 Å². The first-order valence-electron chi connectivity index (χ1n) is 35.6. The van der Waals surface area contributed by atoms with Crippen LogP contribution in [0.15, 0.2) is 117 Å². The van der Waals surface area contributed by atoms with Gasteiger partial charge in [0.2, 0.25) is 0 Å². The Labute approximate surface area is 627 Å². The fourth-order valence-electron chi connectivity index (χ4n) is 13.3. The lowest BCUT2D eigenvalue weighted by molar-refractivity contribution is -0.141. The number of nitrogens with zero attached hydrogens (tertiary/aromatic N) is 15. The van der Waals surface area contributed by atoms with Crippen molar-refractivity contribution in [3.8, 4) is 51.1 Å². The second-order valence-electron chi connectivity index (χ2n) is 28.2. The summed E-state index contributed by atoms with van der Waals surface area (Å²) in [6.07, 6.45) is 13.4. The van der Waals surface area contributed by atoms with Gasteiger partial charge in [-0.3, -0.25) is 19.2 Å². The molecule has 4 fully saturated rings. The number of fused-ring (bicyclic) bond motifs is 4. The second kappa shape index (κ2) is 31.9. The zero-order chi connectivity index (χ0) is 77.1. The molecule has 4 aliphatic rings. The normalized spacial score (nSPS) is 14.7. The maximum Gasteiger partial charge on any atom is 0.406 e. The van der Waals surface area contributed by atoms with E-state index in [0.717, 1.165) is 88.6 Å². The van der Waals surface area contributed by atoms with E-state index in [0.29, 0.717) is 116 Å². The number of carbonyl (C=O) groups excluding carboxylic acids is 4. The Morgan fingerprint density at radius 3 is 1.35 bits per heavy atom. The van der Waals surface area contributed by atoms with Crippen molar-refractivity contribution in [2.24, 2.45) is 50.7 Å². The number of rotatable bonds is 24. The van der Waals surface area contributed by atoms with Crippen LogP contribution in [-0.2, 0) is 21.1 Å². The van der Waals surface area contributed by atoms with E-state index in [-0.39, 0.29) is 54.4 Å². The van der Waals surface area contributed by atoms with Gasteiger partial charge in [-0.25, -0.2) is 39.9 Å². The van der Waals surface area contributed by atoms with E-state index in [9.17, 15) is 58.7 Å². The van der Waals surface area contributed by atoms with Crippen molar-refractivity contribution < 1.29 is 64.4 Å². The number of alkyl halides is 9. The maximum atomic E-state index is 13.0. The van der Waals surface area contributed by atoms with Gasteiger partial charge in [-0.2, -0.15) is 44.8 Å². The largest absolute Gasteiger partial charge is 0.406 e. The van der Waals surface area contributed by atoms with Gasteiger partial charge in [0.05, 0.1) is 57.8 Å². The minimum absolute atomic E-state index is 0. The Morgan fingerprint density at radius 1 is 0.514 bits per heavy atom. The van der Waals surface area contributed by atoms with E-state index in [1.165, 1.54) is 43.1 Å². The zero-order valence-electron chi connectivity index (χ0n) is 59.4. The molecule has 0 bridgehead atoms. The molecule has 4 aliphatic carbocycles. The van der Waals surface area contributed by atoms with Crippen LogP contribution in [-0.4, -0.2) is 174 Å². The van der Waals surface area contributed by atoms with Crippen LogP contribution >= 0.6 is 11.6 Å². The Bertz CT molecular complexity index is 5310. The average Bonchev–Trinajstić information content (AvgIpc) is 1.66. The molecule has 109 heavy (non-hydrogen) atoms. The van der Waals surface area contributed by atoms with Crippen molar-refractivity contribution in [1.29, 1.82) is 5.26 Å². The highest BCUT2D eigenvalue weighted by Gasteiger charge is 2.39.